The summed E-state index contributed by atoms with van der Waals surface area (Å²) >= 11 is 2.03. The molecule has 2 heterocycles. The van der Waals surface area contributed by atoms with Gasteiger partial charge in [0.05, 0.1) is 52.0 Å². The maximum atomic E-state index is 13.7. The number of allylic oxidation sites excluding steroid dienone is 2. The number of rotatable bonds is 8. The van der Waals surface area contributed by atoms with E-state index in [4.69, 9.17) is 9.47 Å². The zero-order valence-corrected chi connectivity index (χ0v) is 27.3. The largest absolute Gasteiger partial charge is 0.504 e. The molecule has 248 valence electrons. The number of ether oxygens (including phenoxy) is 2. The monoisotopic (exact) mass is 763 g/mol. The molecule has 1 aliphatic carbocycles. The van der Waals surface area contributed by atoms with E-state index in [1.54, 1.807) is 6.07 Å². The Labute approximate surface area is 275 Å². The number of carbonyl (C=O) groups excluding carboxylic acids is 2. The van der Waals surface area contributed by atoms with Crippen molar-refractivity contribution in [3.63, 3.8) is 0 Å². The zero-order chi connectivity index (χ0) is 33.7. The van der Waals surface area contributed by atoms with Crippen molar-refractivity contribution in [1.29, 1.82) is 0 Å². The molecule has 0 radical (unpaired) electrons. The van der Waals surface area contributed by atoms with E-state index in [0.29, 0.717) is 39.2 Å². The number of fused-ring (bicyclic) bond motifs is 3. The lowest BCUT2D eigenvalue weighted by Crippen LogP contribution is -2.34. The molecule has 1 N–H and O–H groups in total. The molecule has 4 atom stereocenters. The fraction of sp³-hybridized carbons (Fsp3) is 0.455. The molecular formula is C33H32F6INO5. The van der Waals surface area contributed by atoms with Crippen LogP contribution in [0.2, 0.25) is 0 Å². The molecule has 0 aromatic heterocycles. The third kappa shape index (κ3) is 6.54. The Bertz CT molecular complexity index is 1580. The summed E-state index contributed by atoms with van der Waals surface area (Å²) in [6, 6.07) is 4.41. The number of phenols is 1. The molecule has 2 aromatic rings. The fourth-order valence-electron chi connectivity index (χ4n) is 6.93. The summed E-state index contributed by atoms with van der Waals surface area (Å²) in [4.78, 5) is 27.7. The zero-order valence-electron chi connectivity index (χ0n) is 25.2. The standard InChI is InChI=1S/C33H32F6INO5/c1-4-5-17(9-18-10-24(40)29(42)26(11-18)45-3)6-7-25-27-16(2)8-22-28(23(27)15-46-25)31(44)41(30(22)43)21-13-19(32(34,35)36)12-20(14-21)33(37,38)39/h9-14,22-23,25,28,42H,4-8,15H2,1-3H3/b17-9+/t22-,23+,25-,28-/m1/s1. The van der Waals surface area contributed by atoms with Crippen LogP contribution < -0.4 is 9.64 Å². The molecule has 46 heavy (non-hydrogen) atoms. The summed E-state index contributed by atoms with van der Waals surface area (Å²) in [7, 11) is 1.48. The third-order valence-corrected chi connectivity index (χ3v) is 9.75. The summed E-state index contributed by atoms with van der Waals surface area (Å²) < 4.78 is 93.4. The number of nitrogens with zero attached hydrogens (tertiary/aromatic N) is 1. The highest BCUT2D eigenvalue weighted by Crippen LogP contribution is 2.51. The van der Waals surface area contributed by atoms with Crippen molar-refractivity contribution in [3.8, 4) is 11.5 Å². The first-order valence-corrected chi connectivity index (χ1v) is 15.9. The Morgan fingerprint density at radius 1 is 1.02 bits per heavy atom. The van der Waals surface area contributed by atoms with Crippen LogP contribution in [0.25, 0.3) is 6.08 Å². The minimum absolute atomic E-state index is 0.0268. The van der Waals surface area contributed by atoms with Crippen LogP contribution in [0.3, 0.4) is 0 Å². The van der Waals surface area contributed by atoms with Gasteiger partial charge in [-0.25, -0.2) is 4.90 Å². The summed E-state index contributed by atoms with van der Waals surface area (Å²) in [6.07, 6.45) is -5.48. The SMILES string of the molecule is CCC/C(=C\c1cc(I)c(O)c(OC)c1)CC[C@H]1OC[C@H]2C1=C(C)C[C@H]1C(=O)N(c3cc(C(F)(F)F)cc(C(F)(F)F)c3)C(=O)[C@H]12. The number of hydrogen-bond acceptors (Lipinski definition) is 5. The molecule has 0 spiro atoms. The second-order valence-corrected chi connectivity index (χ2v) is 13.1. The highest BCUT2D eigenvalue weighted by atomic mass is 127. The lowest BCUT2D eigenvalue weighted by molar-refractivity contribution is -0.143. The topological polar surface area (TPSA) is 76.1 Å². The van der Waals surface area contributed by atoms with Crippen molar-refractivity contribution >= 4 is 46.2 Å². The normalized spacial score (nSPS) is 23.7. The van der Waals surface area contributed by atoms with Crippen LogP contribution in [0, 0.1) is 21.3 Å². The van der Waals surface area contributed by atoms with E-state index < -0.39 is 58.7 Å². The highest BCUT2D eigenvalue weighted by Gasteiger charge is 2.57. The summed E-state index contributed by atoms with van der Waals surface area (Å²) in [6.45, 7) is 4.00. The number of carbonyl (C=O) groups is 2. The van der Waals surface area contributed by atoms with Gasteiger partial charge in [-0.2, -0.15) is 26.3 Å². The Hall–Kier alpha value is -3.07. The molecule has 3 aliphatic rings. The minimum Gasteiger partial charge on any atom is -0.504 e. The lowest BCUT2D eigenvalue weighted by Gasteiger charge is -2.30. The molecule has 2 aromatic carbocycles. The number of amides is 2. The van der Waals surface area contributed by atoms with Crippen LogP contribution in [-0.2, 0) is 26.7 Å². The van der Waals surface area contributed by atoms with Crippen molar-refractivity contribution in [3.05, 3.63) is 67.3 Å². The number of hydrogen-bond donors (Lipinski definition) is 1. The summed E-state index contributed by atoms with van der Waals surface area (Å²) in [5.41, 5.74) is -0.213. The molecule has 6 nitrogen and oxygen atoms in total. The number of halogens is 7. The van der Waals surface area contributed by atoms with Crippen molar-refractivity contribution in [2.24, 2.45) is 17.8 Å². The van der Waals surface area contributed by atoms with Gasteiger partial charge < -0.3 is 14.6 Å². The van der Waals surface area contributed by atoms with Gasteiger partial charge >= 0.3 is 12.4 Å². The van der Waals surface area contributed by atoms with Gasteiger partial charge in [0, 0.05) is 5.92 Å². The van der Waals surface area contributed by atoms with Gasteiger partial charge in [-0.3, -0.25) is 9.59 Å². The molecule has 0 saturated carbocycles. The second kappa shape index (κ2) is 12.9. The van der Waals surface area contributed by atoms with Crippen LogP contribution in [-0.4, -0.2) is 36.7 Å². The predicted octanol–water partition coefficient (Wildman–Crippen LogP) is 8.55. The molecule has 2 fully saturated rings. The quantitative estimate of drug-likeness (QED) is 0.126. The van der Waals surface area contributed by atoms with E-state index in [1.165, 1.54) is 7.11 Å². The molecule has 0 bridgehead atoms. The molecule has 0 unspecified atom stereocenters. The van der Waals surface area contributed by atoms with Gasteiger partial charge in [0.1, 0.15) is 0 Å². The third-order valence-electron chi connectivity index (χ3n) is 8.92. The van der Waals surface area contributed by atoms with Crippen molar-refractivity contribution in [1.82, 2.24) is 0 Å². The smallest absolute Gasteiger partial charge is 0.416 e. The Balaban J connectivity index is 1.39. The maximum absolute atomic E-state index is 13.7. The Morgan fingerprint density at radius 3 is 2.26 bits per heavy atom. The lowest BCUT2D eigenvalue weighted by atomic mass is 9.70. The van der Waals surface area contributed by atoms with Gasteiger partial charge in [0.2, 0.25) is 11.8 Å². The van der Waals surface area contributed by atoms with Crippen LogP contribution in [0.4, 0.5) is 32.0 Å². The van der Waals surface area contributed by atoms with Gasteiger partial charge in [-0.05, 0) is 96.7 Å². The van der Waals surface area contributed by atoms with Gasteiger partial charge in [-0.1, -0.05) is 30.6 Å². The van der Waals surface area contributed by atoms with Crippen molar-refractivity contribution < 1.29 is 50.5 Å². The molecule has 2 amide bonds. The van der Waals surface area contributed by atoms with Crippen LogP contribution in [0.15, 0.2) is 47.1 Å². The highest BCUT2D eigenvalue weighted by molar-refractivity contribution is 14.1. The Morgan fingerprint density at radius 2 is 1.67 bits per heavy atom. The van der Waals surface area contributed by atoms with Crippen molar-refractivity contribution in [2.45, 2.75) is 64.4 Å². The summed E-state index contributed by atoms with van der Waals surface area (Å²) in [5.74, 6) is -3.57. The minimum atomic E-state index is -5.12. The molecule has 5 rings (SSSR count). The molecule has 2 aliphatic heterocycles. The van der Waals surface area contributed by atoms with E-state index in [2.05, 4.69) is 6.92 Å². The van der Waals surface area contributed by atoms with E-state index in [1.807, 2.05) is 41.7 Å². The molecule has 13 heteroatoms. The van der Waals surface area contributed by atoms with E-state index >= 15 is 0 Å². The van der Waals surface area contributed by atoms with Crippen LogP contribution in [0.5, 0.6) is 11.5 Å². The van der Waals surface area contributed by atoms with E-state index in [9.17, 15) is 41.0 Å². The first kappa shape index (κ1) is 34.3. The predicted molar refractivity (Wildman–Crippen MR) is 166 cm³/mol. The fourth-order valence-corrected chi connectivity index (χ4v) is 7.55. The first-order chi connectivity index (χ1) is 21.5. The number of methoxy groups -OCH3 is 1. The molecular weight excluding hydrogens is 731 g/mol. The average Bonchev–Trinajstić information content (AvgIpc) is 3.51. The number of aromatic hydroxyl groups is 1. The van der Waals surface area contributed by atoms with E-state index in [0.717, 1.165) is 35.1 Å². The van der Waals surface area contributed by atoms with Gasteiger partial charge in [0.15, 0.2) is 11.5 Å². The van der Waals surface area contributed by atoms with Crippen LogP contribution in [0.1, 0.15) is 62.6 Å². The number of phenolic OH excluding ortho intramolecular Hbond substituents is 1. The van der Waals surface area contributed by atoms with E-state index in [-0.39, 0.29) is 30.9 Å². The summed E-state index contributed by atoms with van der Waals surface area (Å²) in [5, 5.41) is 10.2. The first-order valence-electron chi connectivity index (χ1n) is 14.8. The number of alkyl halides is 6. The van der Waals surface area contributed by atoms with Gasteiger partial charge in [-0.15, -0.1) is 0 Å². The van der Waals surface area contributed by atoms with Crippen molar-refractivity contribution in [2.75, 3.05) is 18.6 Å². The average molecular weight is 764 g/mol. The number of anilines is 1. The second-order valence-electron chi connectivity index (χ2n) is 11.9. The number of imide groups is 1. The number of benzene rings is 2. The molecule has 2 saturated heterocycles. The Kier molecular flexibility index (Phi) is 9.57. The van der Waals surface area contributed by atoms with Crippen LogP contribution >= 0.6 is 22.6 Å². The van der Waals surface area contributed by atoms with Gasteiger partial charge in [0.25, 0.3) is 0 Å². The maximum Gasteiger partial charge on any atom is 0.416 e.